The summed E-state index contributed by atoms with van der Waals surface area (Å²) in [6, 6.07) is 5.96. The Labute approximate surface area is 194 Å². The minimum absolute atomic E-state index is 0.334. The predicted molar refractivity (Wildman–Crippen MR) is 130 cm³/mol. The second-order valence-electron chi connectivity index (χ2n) is 11.7. The normalized spacial score (nSPS) is 19.6. The number of hydrogen-bond acceptors (Lipinski definition) is 5. The summed E-state index contributed by atoms with van der Waals surface area (Å²) in [7, 11) is -0.409. The molecular formula is C25H42BNO5. The Balaban J connectivity index is 2.11. The predicted octanol–water partition coefficient (Wildman–Crippen LogP) is 5.00. The maximum Gasteiger partial charge on any atom is 0.494 e. The molecule has 1 aromatic rings. The van der Waals surface area contributed by atoms with Crippen LogP contribution in [0.2, 0.25) is 0 Å². The number of carbonyl (C=O) groups is 1. The van der Waals surface area contributed by atoms with Crippen LogP contribution in [-0.4, -0.2) is 42.2 Å². The number of nitrogens with one attached hydrogen (secondary N) is 1. The number of rotatable bonds is 7. The first-order chi connectivity index (χ1) is 14.4. The molecule has 1 N–H and O–H groups in total. The molecule has 1 atom stereocenters. The Morgan fingerprint density at radius 2 is 1.66 bits per heavy atom. The zero-order chi connectivity index (χ0) is 24.5. The van der Waals surface area contributed by atoms with Crippen molar-refractivity contribution in [1.82, 2.24) is 5.32 Å². The third-order valence-corrected chi connectivity index (χ3v) is 5.93. The molecule has 1 amide bonds. The summed E-state index contributed by atoms with van der Waals surface area (Å²) < 4.78 is 24.0. The first kappa shape index (κ1) is 26.5. The lowest BCUT2D eigenvalue weighted by atomic mass is 9.78. The molecular weight excluding hydrogens is 405 g/mol. The van der Waals surface area contributed by atoms with Gasteiger partial charge in [0.25, 0.3) is 0 Å². The highest BCUT2D eigenvalue weighted by Gasteiger charge is 2.51. The standard InChI is InChI=1S/C25H42BNO5/c1-17(2)15-25(11,27-21(28)30-22(4,5)6)16-29-20-13-12-19(14-18(20)3)26-31-23(7,8)24(9,10)32-26/h12-14,17H,15-16H2,1-11H3,(H,27,28). The Bertz CT molecular complexity index is 799. The van der Waals surface area contributed by atoms with Crippen molar-refractivity contribution >= 4 is 18.7 Å². The van der Waals surface area contributed by atoms with Crippen molar-refractivity contribution in [3.63, 3.8) is 0 Å². The van der Waals surface area contributed by atoms with Gasteiger partial charge in [0.1, 0.15) is 18.0 Å². The van der Waals surface area contributed by atoms with Crippen LogP contribution in [0.3, 0.4) is 0 Å². The van der Waals surface area contributed by atoms with Crippen LogP contribution in [-0.2, 0) is 14.0 Å². The molecule has 1 saturated heterocycles. The van der Waals surface area contributed by atoms with Crippen molar-refractivity contribution in [3.05, 3.63) is 23.8 Å². The summed E-state index contributed by atoms with van der Waals surface area (Å²) in [4.78, 5) is 12.4. The van der Waals surface area contributed by atoms with Gasteiger partial charge in [0.05, 0.1) is 16.7 Å². The number of hydrogen-bond donors (Lipinski definition) is 1. The van der Waals surface area contributed by atoms with Crippen LogP contribution in [0.15, 0.2) is 18.2 Å². The van der Waals surface area contributed by atoms with Crippen LogP contribution in [0.4, 0.5) is 4.79 Å². The highest BCUT2D eigenvalue weighted by atomic mass is 16.7. The number of ether oxygens (including phenoxy) is 2. The Kier molecular flexibility index (Phi) is 7.68. The molecule has 0 aliphatic carbocycles. The molecule has 1 heterocycles. The van der Waals surface area contributed by atoms with Gasteiger partial charge in [-0.25, -0.2) is 4.79 Å². The molecule has 180 valence electrons. The summed E-state index contributed by atoms with van der Waals surface area (Å²) in [5, 5.41) is 3.02. The van der Waals surface area contributed by atoms with Gasteiger partial charge in [-0.05, 0) is 91.7 Å². The fourth-order valence-corrected chi connectivity index (χ4v) is 3.79. The number of amides is 1. The van der Waals surface area contributed by atoms with E-state index in [1.165, 1.54) is 0 Å². The van der Waals surface area contributed by atoms with E-state index in [2.05, 4.69) is 19.2 Å². The lowest BCUT2D eigenvalue weighted by molar-refractivity contribution is 0.00578. The van der Waals surface area contributed by atoms with E-state index in [9.17, 15) is 4.79 Å². The average Bonchev–Trinajstić information content (AvgIpc) is 2.78. The van der Waals surface area contributed by atoms with Gasteiger partial charge in [-0.15, -0.1) is 0 Å². The van der Waals surface area contributed by atoms with Crippen LogP contribution >= 0.6 is 0 Å². The Morgan fingerprint density at radius 3 is 2.12 bits per heavy atom. The summed E-state index contributed by atoms with van der Waals surface area (Å²) >= 11 is 0. The van der Waals surface area contributed by atoms with E-state index >= 15 is 0 Å². The number of carbonyl (C=O) groups excluding carboxylic acids is 1. The molecule has 6 nitrogen and oxygen atoms in total. The molecule has 7 heteroatoms. The third kappa shape index (κ3) is 6.88. The van der Waals surface area contributed by atoms with E-state index in [-0.39, 0.29) is 11.2 Å². The second-order valence-corrected chi connectivity index (χ2v) is 11.7. The largest absolute Gasteiger partial charge is 0.494 e. The maximum absolute atomic E-state index is 12.4. The van der Waals surface area contributed by atoms with Crippen molar-refractivity contribution in [2.45, 2.75) is 105 Å². The molecule has 1 aromatic carbocycles. The van der Waals surface area contributed by atoms with Gasteiger partial charge in [0, 0.05) is 0 Å². The van der Waals surface area contributed by atoms with Gasteiger partial charge in [0.15, 0.2) is 0 Å². The molecule has 0 radical (unpaired) electrons. The van der Waals surface area contributed by atoms with Gasteiger partial charge in [-0.3, -0.25) is 0 Å². The fourth-order valence-electron chi connectivity index (χ4n) is 3.79. The molecule has 0 spiro atoms. The van der Waals surface area contributed by atoms with Gasteiger partial charge < -0.3 is 24.1 Å². The minimum Gasteiger partial charge on any atom is -0.491 e. The molecule has 1 aliphatic heterocycles. The van der Waals surface area contributed by atoms with E-state index < -0.39 is 24.4 Å². The van der Waals surface area contributed by atoms with Crippen molar-refractivity contribution in [2.24, 2.45) is 5.92 Å². The summed E-state index contributed by atoms with van der Waals surface area (Å²) in [5.41, 5.74) is 0.0721. The smallest absolute Gasteiger partial charge is 0.491 e. The molecule has 1 aliphatic rings. The van der Waals surface area contributed by atoms with Gasteiger partial charge in [0.2, 0.25) is 0 Å². The van der Waals surface area contributed by atoms with E-state index in [1.54, 1.807) is 0 Å². The van der Waals surface area contributed by atoms with Crippen LogP contribution in [0.1, 0.15) is 81.2 Å². The monoisotopic (exact) mass is 447 g/mol. The minimum atomic E-state index is -0.562. The van der Waals surface area contributed by atoms with Crippen LogP contribution in [0.5, 0.6) is 5.75 Å². The molecule has 2 rings (SSSR count). The molecule has 0 saturated carbocycles. The summed E-state index contributed by atoms with van der Waals surface area (Å²) in [6.45, 7) is 22.3. The van der Waals surface area contributed by atoms with Gasteiger partial charge >= 0.3 is 13.2 Å². The van der Waals surface area contributed by atoms with Crippen molar-refractivity contribution in [1.29, 1.82) is 0 Å². The zero-order valence-electron chi connectivity index (χ0n) is 21.8. The molecule has 0 aromatic heterocycles. The highest BCUT2D eigenvalue weighted by Crippen LogP contribution is 2.36. The quantitative estimate of drug-likeness (QED) is 0.596. The first-order valence-electron chi connectivity index (χ1n) is 11.5. The lowest BCUT2D eigenvalue weighted by Crippen LogP contribution is -2.52. The van der Waals surface area contributed by atoms with Gasteiger partial charge in [-0.2, -0.15) is 0 Å². The molecule has 0 bridgehead atoms. The van der Waals surface area contributed by atoms with E-state index in [4.69, 9.17) is 18.8 Å². The Morgan fingerprint density at radius 1 is 1.09 bits per heavy atom. The van der Waals surface area contributed by atoms with Crippen molar-refractivity contribution < 1.29 is 23.6 Å². The second kappa shape index (κ2) is 9.26. The number of benzene rings is 1. The van der Waals surface area contributed by atoms with E-state index in [1.807, 2.05) is 80.5 Å². The lowest BCUT2D eigenvalue weighted by Gasteiger charge is -2.33. The molecule has 1 unspecified atom stereocenters. The number of aryl methyl sites for hydroxylation is 1. The third-order valence-electron chi connectivity index (χ3n) is 5.93. The molecule has 1 fully saturated rings. The summed E-state index contributed by atoms with van der Waals surface area (Å²) in [5.74, 6) is 1.15. The first-order valence-corrected chi connectivity index (χ1v) is 11.5. The van der Waals surface area contributed by atoms with Crippen LogP contribution in [0.25, 0.3) is 0 Å². The average molecular weight is 447 g/mol. The van der Waals surface area contributed by atoms with Crippen molar-refractivity contribution in [3.8, 4) is 5.75 Å². The van der Waals surface area contributed by atoms with E-state index in [0.717, 1.165) is 23.2 Å². The van der Waals surface area contributed by atoms with Crippen LogP contribution < -0.4 is 15.5 Å². The van der Waals surface area contributed by atoms with Crippen molar-refractivity contribution in [2.75, 3.05) is 6.61 Å². The van der Waals surface area contributed by atoms with E-state index in [0.29, 0.717) is 12.5 Å². The summed E-state index contributed by atoms with van der Waals surface area (Å²) in [6.07, 6.45) is 0.328. The highest BCUT2D eigenvalue weighted by molar-refractivity contribution is 6.62. The van der Waals surface area contributed by atoms with Gasteiger partial charge in [-0.1, -0.05) is 26.0 Å². The Hall–Kier alpha value is -1.73. The maximum atomic E-state index is 12.4. The topological polar surface area (TPSA) is 66.0 Å². The number of alkyl carbamates (subject to hydrolysis) is 1. The molecule has 32 heavy (non-hydrogen) atoms. The SMILES string of the molecule is Cc1cc(B2OC(C)(C)C(C)(C)O2)ccc1OCC(C)(CC(C)C)NC(=O)OC(C)(C)C. The zero-order valence-corrected chi connectivity index (χ0v) is 21.8. The van der Waals surface area contributed by atoms with Crippen LogP contribution in [0, 0.1) is 12.8 Å². The fraction of sp³-hybridized carbons (Fsp3) is 0.720.